The first-order valence-electron chi connectivity index (χ1n) is 12.6. The number of esters is 1. The molecule has 0 radical (unpaired) electrons. The average Bonchev–Trinajstić information content (AvgIpc) is 3.59. The summed E-state index contributed by atoms with van der Waals surface area (Å²) in [6, 6.07) is 7.87. The van der Waals surface area contributed by atoms with Gasteiger partial charge >= 0.3 is 5.97 Å². The van der Waals surface area contributed by atoms with Crippen LogP contribution in [0.4, 0.5) is 5.82 Å². The molecular formula is C27H26N6O3. The average molecular weight is 483 g/mol. The number of anilines is 1. The summed E-state index contributed by atoms with van der Waals surface area (Å²) in [7, 11) is 0. The number of nitrogen functional groups attached to an aromatic ring is 1. The Morgan fingerprint density at radius 2 is 1.92 bits per heavy atom. The molecule has 4 aromatic rings. The molecule has 182 valence electrons. The predicted molar refractivity (Wildman–Crippen MR) is 133 cm³/mol. The third kappa shape index (κ3) is 3.11. The number of ether oxygens (including phenoxy) is 1. The van der Waals surface area contributed by atoms with E-state index in [0.717, 1.165) is 60.7 Å². The van der Waals surface area contributed by atoms with Gasteiger partial charge in [0, 0.05) is 23.4 Å². The van der Waals surface area contributed by atoms with Gasteiger partial charge in [-0.05, 0) is 73.3 Å². The highest BCUT2D eigenvalue weighted by atomic mass is 16.6. The van der Waals surface area contributed by atoms with Gasteiger partial charge in [0.15, 0.2) is 17.3 Å². The maximum absolute atomic E-state index is 12.6. The second-order valence-electron chi connectivity index (χ2n) is 9.99. The molecule has 4 heterocycles. The molecule has 3 aliphatic rings. The summed E-state index contributed by atoms with van der Waals surface area (Å²) in [4.78, 5) is 22.0. The minimum Gasteiger partial charge on any atom is -0.451 e. The Kier molecular flexibility index (Phi) is 4.74. The Hall–Kier alpha value is -4.01. The van der Waals surface area contributed by atoms with E-state index in [1.807, 2.05) is 30.5 Å². The van der Waals surface area contributed by atoms with E-state index in [9.17, 15) is 4.79 Å². The Balaban J connectivity index is 1.34. The molecule has 2 aliphatic carbocycles. The van der Waals surface area contributed by atoms with E-state index in [0.29, 0.717) is 17.1 Å². The number of nitrogens with two attached hydrogens (primary N) is 1. The first kappa shape index (κ1) is 21.3. The van der Waals surface area contributed by atoms with Gasteiger partial charge in [0.05, 0.1) is 17.3 Å². The highest BCUT2D eigenvalue weighted by molar-refractivity contribution is 5.95. The summed E-state index contributed by atoms with van der Waals surface area (Å²) >= 11 is 0. The summed E-state index contributed by atoms with van der Waals surface area (Å²) in [5, 5.41) is 7.90. The summed E-state index contributed by atoms with van der Waals surface area (Å²) in [6.45, 7) is 0. The molecule has 1 aliphatic heterocycles. The number of allylic oxidation sites excluding steroid dienone is 2. The van der Waals surface area contributed by atoms with E-state index >= 15 is 0 Å². The van der Waals surface area contributed by atoms with Crippen molar-refractivity contribution in [2.45, 2.75) is 63.0 Å². The van der Waals surface area contributed by atoms with E-state index in [4.69, 9.17) is 20.1 Å². The van der Waals surface area contributed by atoms with Crippen LogP contribution in [0.5, 0.6) is 0 Å². The number of rotatable bonds is 3. The molecule has 1 saturated carbocycles. The number of carbonyl (C=O) groups excluding carboxylic acids is 1. The molecule has 1 spiro atoms. The largest absolute Gasteiger partial charge is 0.451 e. The zero-order valence-corrected chi connectivity index (χ0v) is 19.8. The van der Waals surface area contributed by atoms with Crippen LogP contribution in [0.15, 0.2) is 47.4 Å². The van der Waals surface area contributed by atoms with Gasteiger partial charge < -0.3 is 15.0 Å². The zero-order valence-electron chi connectivity index (χ0n) is 19.8. The van der Waals surface area contributed by atoms with Gasteiger partial charge in [0.2, 0.25) is 0 Å². The molecule has 1 aromatic carbocycles. The summed E-state index contributed by atoms with van der Waals surface area (Å²) < 4.78 is 13.2. The summed E-state index contributed by atoms with van der Waals surface area (Å²) in [5.41, 5.74) is 12.0. The SMILES string of the molecule is Nc1nonc1-c1nc2cncc(C3=CCCCC3)c2n1C1CCC2(CC1)OC(=O)c1ccccc12. The van der Waals surface area contributed by atoms with Gasteiger partial charge in [-0.1, -0.05) is 24.3 Å². The molecular weight excluding hydrogens is 456 g/mol. The number of benzene rings is 1. The molecule has 0 atom stereocenters. The molecule has 9 heteroatoms. The predicted octanol–water partition coefficient (Wildman–Crippen LogP) is 5.20. The lowest BCUT2D eigenvalue weighted by atomic mass is 9.77. The minimum absolute atomic E-state index is 0.114. The van der Waals surface area contributed by atoms with Gasteiger partial charge in [-0.2, -0.15) is 0 Å². The van der Waals surface area contributed by atoms with Crippen LogP contribution in [0.2, 0.25) is 0 Å². The molecule has 36 heavy (non-hydrogen) atoms. The zero-order chi connectivity index (χ0) is 24.3. The van der Waals surface area contributed by atoms with Crippen molar-refractivity contribution in [3.05, 3.63) is 59.4 Å². The fourth-order valence-corrected chi connectivity index (χ4v) is 6.29. The van der Waals surface area contributed by atoms with Crippen LogP contribution in [0.1, 0.15) is 78.9 Å². The van der Waals surface area contributed by atoms with Crippen LogP contribution in [0.3, 0.4) is 0 Å². The number of carbonyl (C=O) groups is 1. The monoisotopic (exact) mass is 482 g/mol. The highest BCUT2D eigenvalue weighted by Gasteiger charge is 2.48. The van der Waals surface area contributed by atoms with E-state index < -0.39 is 5.60 Å². The molecule has 7 rings (SSSR count). The number of imidazole rings is 1. The van der Waals surface area contributed by atoms with E-state index in [1.165, 1.54) is 18.4 Å². The lowest BCUT2D eigenvalue weighted by molar-refractivity contribution is -0.0344. The fraction of sp³-hybridized carbons (Fsp3) is 0.370. The fourth-order valence-electron chi connectivity index (χ4n) is 6.29. The maximum atomic E-state index is 12.6. The van der Waals surface area contributed by atoms with Crippen molar-refractivity contribution in [2.75, 3.05) is 5.73 Å². The van der Waals surface area contributed by atoms with Gasteiger partial charge in [0.25, 0.3) is 0 Å². The van der Waals surface area contributed by atoms with Crippen molar-refractivity contribution in [1.29, 1.82) is 0 Å². The third-order valence-electron chi connectivity index (χ3n) is 8.01. The van der Waals surface area contributed by atoms with Crippen LogP contribution in [0.25, 0.3) is 28.1 Å². The van der Waals surface area contributed by atoms with E-state index in [-0.39, 0.29) is 17.8 Å². The van der Waals surface area contributed by atoms with Crippen molar-refractivity contribution in [2.24, 2.45) is 0 Å². The molecule has 0 bridgehead atoms. The van der Waals surface area contributed by atoms with Crippen molar-refractivity contribution in [1.82, 2.24) is 24.8 Å². The van der Waals surface area contributed by atoms with E-state index in [2.05, 4.69) is 25.9 Å². The van der Waals surface area contributed by atoms with Crippen LogP contribution < -0.4 is 5.73 Å². The number of nitrogens with zero attached hydrogens (tertiary/aromatic N) is 5. The summed E-state index contributed by atoms with van der Waals surface area (Å²) in [5.74, 6) is 0.625. The second-order valence-corrected chi connectivity index (χ2v) is 9.99. The number of aromatic nitrogens is 5. The van der Waals surface area contributed by atoms with Crippen LogP contribution in [0, 0.1) is 0 Å². The van der Waals surface area contributed by atoms with Crippen molar-refractivity contribution >= 4 is 28.4 Å². The molecule has 3 aromatic heterocycles. The van der Waals surface area contributed by atoms with Crippen LogP contribution in [-0.4, -0.2) is 30.8 Å². The first-order chi connectivity index (χ1) is 17.6. The molecule has 0 saturated heterocycles. The quantitative estimate of drug-likeness (QED) is 0.395. The molecule has 9 nitrogen and oxygen atoms in total. The normalized spacial score (nSPS) is 23.6. The second kappa shape index (κ2) is 8.01. The lowest BCUT2D eigenvalue weighted by Crippen LogP contribution is -2.33. The number of fused-ring (bicyclic) bond motifs is 3. The first-order valence-corrected chi connectivity index (χ1v) is 12.6. The standard InChI is InChI=1S/C27H26N6O3/c28-24-22(31-36-32-24)25-30-21-15-29-14-19(16-6-2-1-3-7-16)23(21)33(25)17-10-12-27(13-11-17)20-9-5-4-8-18(20)26(34)35-27/h4-6,8-9,14-15,17H,1-3,7,10-13H2,(H2,28,32). The van der Waals surface area contributed by atoms with Gasteiger partial charge in [-0.15, -0.1) is 0 Å². The topological polar surface area (TPSA) is 122 Å². The van der Waals surface area contributed by atoms with E-state index in [1.54, 1.807) is 6.20 Å². The number of hydrogen-bond donors (Lipinski definition) is 1. The molecule has 0 unspecified atom stereocenters. The maximum Gasteiger partial charge on any atom is 0.339 e. The van der Waals surface area contributed by atoms with Crippen molar-refractivity contribution < 1.29 is 14.2 Å². The van der Waals surface area contributed by atoms with Crippen LogP contribution in [-0.2, 0) is 10.3 Å². The van der Waals surface area contributed by atoms with Gasteiger partial charge in [-0.3, -0.25) is 4.98 Å². The summed E-state index contributed by atoms with van der Waals surface area (Å²) in [6.07, 6.45) is 13.6. The smallest absolute Gasteiger partial charge is 0.339 e. The van der Waals surface area contributed by atoms with Crippen molar-refractivity contribution in [3.8, 4) is 11.5 Å². The molecule has 2 N–H and O–H groups in total. The lowest BCUT2D eigenvalue weighted by Gasteiger charge is -2.37. The Labute approximate surface area is 207 Å². The Bertz CT molecular complexity index is 1530. The number of hydrogen-bond acceptors (Lipinski definition) is 8. The van der Waals surface area contributed by atoms with Crippen molar-refractivity contribution in [3.63, 3.8) is 0 Å². The highest BCUT2D eigenvalue weighted by Crippen LogP contribution is 2.50. The van der Waals surface area contributed by atoms with Gasteiger partial charge in [0.1, 0.15) is 11.1 Å². The number of pyridine rings is 1. The Morgan fingerprint density at radius 1 is 1.06 bits per heavy atom. The molecule has 1 fully saturated rings. The minimum atomic E-state index is -0.564. The third-order valence-corrected chi connectivity index (χ3v) is 8.01. The molecule has 0 amide bonds. The van der Waals surface area contributed by atoms with Gasteiger partial charge in [-0.25, -0.2) is 14.4 Å². The van der Waals surface area contributed by atoms with Crippen LogP contribution >= 0.6 is 0 Å². The Morgan fingerprint density at radius 3 is 2.69 bits per heavy atom.